The van der Waals surface area contributed by atoms with Crippen LogP contribution in [0.3, 0.4) is 0 Å². The molecule has 1 heteroatoms. The van der Waals surface area contributed by atoms with E-state index in [4.69, 9.17) is 0 Å². The average Bonchev–Trinajstić information content (AvgIpc) is 2.55. The minimum atomic E-state index is 0.0869. The fraction of sp³-hybridized carbons (Fsp3) is 0.333. The van der Waals surface area contributed by atoms with Crippen LogP contribution < -0.4 is 0 Å². The highest BCUT2D eigenvalue weighted by Gasteiger charge is 2.41. The number of benzene rings is 1. The zero-order chi connectivity index (χ0) is 11.2. The van der Waals surface area contributed by atoms with Crippen LogP contribution in [0.25, 0.3) is 0 Å². The summed E-state index contributed by atoms with van der Waals surface area (Å²) in [5, 5.41) is 0. The number of nitrogens with zero attached hydrogens (tertiary/aromatic N) is 1. The van der Waals surface area contributed by atoms with Crippen molar-refractivity contribution in [3.63, 3.8) is 0 Å². The SMILES string of the molecule is C=C1CN(C)CC12C=CCc1ccccc12. The predicted molar refractivity (Wildman–Crippen MR) is 67.6 cm³/mol. The van der Waals surface area contributed by atoms with E-state index in [2.05, 4.69) is 54.9 Å². The smallest absolute Gasteiger partial charge is 0.0481 e. The Bertz CT molecular complexity index is 472. The number of allylic oxidation sites excluding steroid dienone is 1. The molecule has 1 aliphatic heterocycles. The highest BCUT2D eigenvalue weighted by Crippen LogP contribution is 2.42. The molecule has 0 bridgehead atoms. The van der Waals surface area contributed by atoms with Gasteiger partial charge in [0, 0.05) is 18.5 Å². The molecule has 3 rings (SSSR count). The molecule has 1 saturated heterocycles. The zero-order valence-corrected chi connectivity index (χ0v) is 9.74. The molecule has 1 nitrogen and oxygen atoms in total. The van der Waals surface area contributed by atoms with Crippen LogP contribution in [0.15, 0.2) is 48.6 Å². The van der Waals surface area contributed by atoms with Crippen molar-refractivity contribution in [2.75, 3.05) is 20.1 Å². The maximum atomic E-state index is 4.29. The molecular formula is C15H17N. The van der Waals surface area contributed by atoms with Gasteiger partial charge in [0.05, 0.1) is 0 Å². The van der Waals surface area contributed by atoms with Gasteiger partial charge in [0.1, 0.15) is 0 Å². The highest BCUT2D eigenvalue weighted by atomic mass is 15.1. The van der Waals surface area contributed by atoms with E-state index in [0.717, 1.165) is 19.5 Å². The molecule has 1 unspecified atom stereocenters. The summed E-state index contributed by atoms with van der Waals surface area (Å²) in [4.78, 5) is 2.36. The first kappa shape index (κ1) is 9.86. The summed E-state index contributed by atoms with van der Waals surface area (Å²) >= 11 is 0. The molecule has 0 aromatic heterocycles. The van der Waals surface area contributed by atoms with Gasteiger partial charge in [-0.3, -0.25) is 0 Å². The summed E-state index contributed by atoms with van der Waals surface area (Å²) in [7, 11) is 2.17. The summed E-state index contributed by atoms with van der Waals surface area (Å²) in [5.41, 5.74) is 4.34. The Balaban J connectivity index is 2.18. The summed E-state index contributed by atoms with van der Waals surface area (Å²) in [5.74, 6) is 0. The van der Waals surface area contributed by atoms with Crippen LogP contribution in [0.5, 0.6) is 0 Å². The lowest BCUT2D eigenvalue weighted by molar-refractivity contribution is 0.393. The first-order chi connectivity index (χ1) is 7.72. The molecule has 0 radical (unpaired) electrons. The molecule has 0 saturated carbocycles. The van der Waals surface area contributed by atoms with Crippen molar-refractivity contribution in [3.05, 3.63) is 59.7 Å². The molecule has 1 aromatic carbocycles. The molecule has 1 spiro atoms. The molecular weight excluding hydrogens is 194 g/mol. The van der Waals surface area contributed by atoms with Gasteiger partial charge < -0.3 is 4.90 Å². The van der Waals surface area contributed by atoms with Gasteiger partial charge in [-0.2, -0.15) is 0 Å². The average molecular weight is 211 g/mol. The lowest BCUT2D eigenvalue weighted by Crippen LogP contribution is -2.31. The largest absolute Gasteiger partial charge is 0.301 e. The van der Waals surface area contributed by atoms with Crippen LogP contribution in [0.1, 0.15) is 11.1 Å². The fourth-order valence-corrected chi connectivity index (χ4v) is 3.12. The molecule has 1 aromatic rings. The van der Waals surface area contributed by atoms with Crippen molar-refractivity contribution in [3.8, 4) is 0 Å². The van der Waals surface area contributed by atoms with Crippen LogP contribution in [0.2, 0.25) is 0 Å². The minimum Gasteiger partial charge on any atom is -0.301 e. The lowest BCUT2D eigenvalue weighted by Gasteiger charge is -2.32. The Labute approximate surface area is 97.1 Å². The van der Waals surface area contributed by atoms with Gasteiger partial charge in [-0.15, -0.1) is 0 Å². The topological polar surface area (TPSA) is 3.24 Å². The highest BCUT2D eigenvalue weighted by molar-refractivity contribution is 5.51. The van der Waals surface area contributed by atoms with E-state index < -0.39 is 0 Å². The molecule has 1 aliphatic carbocycles. The van der Waals surface area contributed by atoms with E-state index in [1.54, 1.807) is 0 Å². The predicted octanol–water partition coefficient (Wildman–Crippen LogP) is 2.54. The normalized spacial score (nSPS) is 28.7. The molecule has 0 N–H and O–H groups in total. The van der Waals surface area contributed by atoms with E-state index >= 15 is 0 Å². The Morgan fingerprint density at radius 2 is 2.12 bits per heavy atom. The summed E-state index contributed by atoms with van der Waals surface area (Å²) < 4.78 is 0. The van der Waals surface area contributed by atoms with Gasteiger partial charge in [0.25, 0.3) is 0 Å². The standard InChI is InChI=1S/C15H17N/c1-12-10-16(2)11-15(12)9-5-7-13-6-3-4-8-14(13)15/h3-6,8-9H,1,7,10-11H2,2H3. The number of hydrogen-bond acceptors (Lipinski definition) is 1. The number of hydrogen-bond donors (Lipinski definition) is 0. The fourth-order valence-electron chi connectivity index (χ4n) is 3.12. The van der Waals surface area contributed by atoms with Crippen LogP contribution in [0.4, 0.5) is 0 Å². The third-order valence-electron chi connectivity index (χ3n) is 3.85. The van der Waals surface area contributed by atoms with E-state index in [1.807, 2.05) is 0 Å². The number of likely N-dealkylation sites (tertiary alicyclic amines) is 1. The summed E-state index contributed by atoms with van der Waals surface area (Å²) in [6.07, 6.45) is 5.72. The molecule has 0 amide bonds. The van der Waals surface area contributed by atoms with Crippen molar-refractivity contribution >= 4 is 0 Å². The van der Waals surface area contributed by atoms with Crippen molar-refractivity contribution in [2.24, 2.45) is 0 Å². The van der Waals surface area contributed by atoms with Crippen LogP contribution in [-0.2, 0) is 11.8 Å². The number of fused-ring (bicyclic) bond motifs is 2. The van der Waals surface area contributed by atoms with Crippen molar-refractivity contribution in [2.45, 2.75) is 11.8 Å². The number of rotatable bonds is 0. The van der Waals surface area contributed by atoms with Crippen molar-refractivity contribution < 1.29 is 0 Å². The van der Waals surface area contributed by atoms with E-state index in [0.29, 0.717) is 0 Å². The van der Waals surface area contributed by atoms with E-state index in [9.17, 15) is 0 Å². The van der Waals surface area contributed by atoms with Gasteiger partial charge in [-0.05, 0) is 30.2 Å². The van der Waals surface area contributed by atoms with Gasteiger partial charge in [-0.1, -0.05) is 43.0 Å². The van der Waals surface area contributed by atoms with Crippen LogP contribution >= 0.6 is 0 Å². The quantitative estimate of drug-likeness (QED) is 0.596. The molecule has 82 valence electrons. The second-order valence-corrected chi connectivity index (χ2v) is 5.01. The molecule has 2 aliphatic rings. The van der Waals surface area contributed by atoms with Crippen molar-refractivity contribution in [1.29, 1.82) is 0 Å². The van der Waals surface area contributed by atoms with Gasteiger partial charge >= 0.3 is 0 Å². The van der Waals surface area contributed by atoms with Gasteiger partial charge in [0.15, 0.2) is 0 Å². The second-order valence-electron chi connectivity index (χ2n) is 5.01. The van der Waals surface area contributed by atoms with Crippen molar-refractivity contribution in [1.82, 2.24) is 4.90 Å². The Kier molecular flexibility index (Phi) is 2.05. The Morgan fingerprint density at radius 3 is 2.88 bits per heavy atom. The summed E-state index contributed by atoms with van der Waals surface area (Å²) in [6.45, 7) is 6.37. The van der Waals surface area contributed by atoms with E-state index in [-0.39, 0.29) is 5.41 Å². The molecule has 1 atom stereocenters. The van der Waals surface area contributed by atoms with Crippen LogP contribution in [0, 0.1) is 0 Å². The minimum absolute atomic E-state index is 0.0869. The van der Waals surface area contributed by atoms with Gasteiger partial charge in [0.2, 0.25) is 0 Å². The maximum absolute atomic E-state index is 4.29. The molecule has 16 heavy (non-hydrogen) atoms. The first-order valence-corrected chi connectivity index (χ1v) is 5.85. The van der Waals surface area contributed by atoms with E-state index in [1.165, 1.54) is 16.7 Å². The third kappa shape index (κ3) is 1.21. The molecule has 1 heterocycles. The number of likely N-dealkylation sites (N-methyl/N-ethyl adjacent to an activating group) is 1. The second kappa shape index (κ2) is 3.33. The van der Waals surface area contributed by atoms with Gasteiger partial charge in [-0.25, -0.2) is 0 Å². The lowest BCUT2D eigenvalue weighted by atomic mass is 9.71. The monoisotopic (exact) mass is 211 g/mol. The zero-order valence-electron chi connectivity index (χ0n) is 9.74. The summed E-state index contributed by atoms with van der Waals surface area (Å²) in [6, 6.07) is 8.79. The third-order valence-corrected chi connectivity index (χ3v) is 3.85. The Morgan fingerprint density at radius 1 is 1.31 bits per heavy atom. The first-order valence-electron chi connectivity index (χ1n) is 5.85. The molecule has 1 fully saturated rings. The van der Waals surface area contributed by atoms with Crippen LogP contribution in [-0.4, -0.2) is 25.0 Å². The Hall–Kier alpha value is -1.34. The maximum Gasteiger partial charge on any atom is 0.0481 e.